The predicted molar refractivity (Wildman–Crippen MR) is 229 cm³/mol. The lowest BCUT2D eigenvalue weighted by molar-refractivity contribution is 0.669. The Bertz CT molecular complexity index is 3170. The monoisotopic (exact) mass is 687 g/mol. The van der Waals surface area contributed by atoms with Crippen molar-refractivity contribution >= 4 is 82.1 Å². The number of anilines is 3. The summed E-state index contributed by atoms with van der Waals surface area (Å²) in [4.78, 5) is 2.38. The first-order valence-electron chi connectivity index (χ1n) is 18.5. The summed E-state index contributed by atoms with van der Waals surface area (Å²) in [6, 6.07) is 72.4. The third-order valence-corrected chi connectivity index (χ3v) is 11.0. The van der Waals surface area contributed by atoms with Gasteiger partial charge in [-0.2, -0.15) is 0 Å². The van der Waals surface area contributed by atoms with Crippen molar-refractivity contribution in [3.8, 4) is 22.3 Å². The van der Waals surface area contributed by atoms with Gasteiger partial charge in [-0.15, -0.1) is 0 Å². The number of para-hydroxylation sites is 1. The molecule has 0 atom stereocenters. The molecule has 1 heterocycles. The molecule has 11 rings (SSSR count). The molecule has 0 bridgehead atoms. The summed E-state index contributed by atoms with van der Waals surface area (Å²) < 4.78 is 6.12. The maximum atomic E-state index is 6.12. The number of furan rings is 1. The molecule has 2 heteroatoms. The molecule has 2 nitrogen and oxygen atoms in total. The van der Waals surface area contributed by atoms with E-state index in [-0.39, 0.29) is 0 Å². The molecule has 0 N–H and O–H groups in total. The molecule has 54 heavy (non-hydrogen) atoms. The zero-order valence-electron chi connectivity index (χ0n) is 29.4. The second kappa shape index (κ2) is 12.2. The van der Waals surface area contributed by atoms with E-state index in [1.54, 1.807) is 0 Å². The molecular weight excluding hydrogens is 655 g/mol. The maximum absolute atomic E-state index is 6.12. The molecule has 0 unspecified atom stereocenters. The third-order valence-electron chi connectivity index (χ3n) is 11.0. The summed E-state index contributed by atoms with van der Waals surface area (Å²) in [5.74, 6) is 0. The molecule has 0 spiro atoms. The topological polar surface area (TPSA) is 16.4 Å². The van der Waals surface area contributed by atoms with Crippen molar-refractivity contribution in [3.05, 3.63) is 200 Å². The average Bonchev–Trinajstić information content (AvgIpc) is 3.62. The summed E-state index contributed by atoms with van der Waals surface area (Å²) in [6.45, 7) is 0. The van der Waals surface area contributed by atoms with Crippen LogP contribution >= 0.6 is 0 Å². The highest BCUT2D eigenvalue weighted by Crippen LogP contribution is 2.42. The number of hydrogen-bond acceptors (Lipinski definition) is 2. The van der Waals surface area contributed by atoms with Gasteiger partial charge < -0.3 is 9.32 Å². The molecule has 11 aromatic rings. The van der Waals surface area contributed by atoms with Gasteiger partial charge >= 0.3 is 0 Å². The van der Waals surface area contributed by atoms with Crippen molar-refractivity contribution in [2.75, 3.05) is 4.90 Å². The zero-order chi connectivity index (χ0) is 35.6. The summed E-state index contributed by atoms with van der Waals surface area (Å²) in [5.41, 5.74) is 9.86. The van der Waals surface area contributed by atoms with Crippen molar-refractivity contribution in [1.29, 1.82) is 0 Å². The Morgan fingerprint density at radius 1 is 0.259 bits per heavy atom. The van der Waals surface area contributed by atoms with Gasteiger partial charge in [-0.1, -0.05) is 140 Å². The van der Waals surface area contributed by atoms with Gasteiger partial charge in [-0.3, -0.25) is 0 Å². The van der Waals surface area contributed by atoms with Crippen LogP contribution in [-0.2, 0) is 0 Å². The Morgan fingerprint density at radius 2 is 0.722 bits per heavy atom. The van der Waals surface area contributed by atoms with E-state index < -0.39 is 0 Å². The Morgan fingerprint density at radius 3 is 1.39 bits per heavy atom. The van der Waals surface area contributed by atoms with Crippen LogP contribution in [0.15, 0.2) is 205 Å². The SMILES string of the molecule is c1ccc2cc(-c3ccc(N(c4ccc(-c5ccc6oc7ccccc7c6c5)cc4)c4ccc5c6ccccc6c6ccccc6c5c4)cc3)ccc2c1. The van der Waals surface area contributed by atoms with Crippen LogP contribution < -0.4 is 4.90 Å². The smallest absolute Gasteiger partial charge is 0.135 e. The van der Waals surface area contributed by atoms with Crippen LogP contribution in [-0.4, -0.2) is 0 Å². The van der Waals surface area contributed by atoms with Crippen LogP contribution in [0.2, 0.25) is 0 Å². The van der Waals surface area contributed by atoms with Crippen LogP contribution in [0, 0.1) is 0 Å². The van der Waals surface area contributed by atoms with Gasteiger partial charge in [0.05, 0.1) is 0 Å². The molecule has 0 fully saturated rings. The molecule has 0 saturated carbocycles. The largest absolute Gasteiger partial charge is 0.456 e. The number of fused-ring (bicyclic) bond motifs is 10. The first kappa shape index (κ1) is 30.5. The van der Waals surface area contributed by atoms with Crippen molar-refractivity contribution in [1.82, 2.24) is 0 Å². The summed E-state index contributed by atoms with van der Waals surface area (Å²) in [6.07, 6.45) is 0. The molecule has 0 aliphatic rings. The molecule has 0 aliphatic heterocycles. The summed E-state index contributed by atoms with van der Waals surface area (Å²) in [5, 5.41) is 12.4. The Labute approximate surface area is 312 Å². The molecule has 0 radical (unpaired) electrons. The predicted octanol–water partition coefficient (Wildman–Crippen LogP) is 15.0. The zero-order valence-corrected chi connectivity index (χ0v) is 29.4. The highest BCUT2D eigenvalue weighted by atomic mass is 16.3. The van der Waals surface area contributed by atoms with Crippen LogP contribution in [0.4, 0.5) is 17.1 Å². The maximum Gasteiger partial charge on any atom is 0.135 e. The second-order valence-corrected chi connectivity index (χ2v) is 14.1. The van der Waals surface area contributed by atoms with Gasteiger partial charge in [0.2, 0.25) is 0 Å². The fourth-order valence-electron chi connectivity index (χ4n) is 8.36. The van der Waals surface area contributed by atoms with E-state index in [9.17, 15) is 0 Å². The molecule has 0 saturated heterocycles. The number of hydrogen-bond donors (Lipinski definition) is 0. The van der Waals surface area contributed by atoms with Gasteiger partial charge in [-0.25, -0.2) is 0 Å². The number of benzene rings is 10. The van der Waals surface area contributed by atoms with Crippen LogP contribution in [0.25, 0.3) is 87.3 Å². The highest BCUT2D eigenvalue weighted by Gasteiger charge is 2.17. The minimum atomic E-state index is 0.909. The number of rotatable bonds is 5. The lowest BCUT2D eigenvalue weighted by atomic mass is 9.94. The van der Waals surface area contributed by atoms with Gasteiger partial charge in [0.25, 0.3) is 0 Å². The van der Waals surface area contributed by atoms with E-state index >= 15 is 0 Å². The van der Waals surface area contributed by atoms with E-state index in [0.717, 1.165) is 50.1 Å². The first-order valence-corrected chi connectivity index (χ1v) is 18.5. The van der Waals surface area contributed by atoms with Crippen LogP contribution in [0.1, 0.15) is 0 Å². The van der Waals surface area contributed by atoms with Gasteiger partial charge in [0.15, 0.2) is 0 Å². The van der Waals surface area contributed by atoms with E-state index in [4.69, 9.17) is 4.42 Å². The van der Waals surface area contributed by atoms with Crippen LogP contribution in [0.5, 0.6) is 0 Å². The molecule has 0 amide bonds. The van der Waals surface area contributed by atoms with Crippen molar-refractivity contribution < 1.29 is 4.42 Å². The average molecular weight is 688 g/mol. The summed E-state index contributed by atoms with van der Waals surface area (Å²) in [7, 11) is 0. The van der Waals surface area contributed by atoms with E-state index in [1.807, 2.05) is 12.1 Å². The first-order chi connectivity index (χ1) is 26.7. The Kier molecular flexibility index (Phi) is 6.90. The van der Waals surface area contributed by atoms with E-state index in [2.05, 4.69) is 193 Å². The van der Waals surface area contributed by atoms with E-state index in [0.29, 0.717) is 0 Å². The Balaban J connectivity index is 1.05. The number of nitrogens with zero attached hydrogens (tertiary/aromatic N) is 1. The van der Waals surface area contributed by atoms with Gasteiger partial charge in [0.1, 0.15) is 11.2 Å². The lowest BCUT2D eigenvalue weighted by Crippen LogP contribution is -2.10. The highest BCUT2D eigenvalue weighted by molar-refractivity contribution is 6.25. The van der Waals surface area contributed by atoms with Crippen molar-refractivity contribution in [2.45, 2.75) is 0 Å². The fraction of sp³-hybridized carbons (Fsp3) is 0. The molecule has 10 aromatic carbocycles. The standard InChI is InChI=1S/C52H33NO/c1-2-10-37-31-38(18-17-34(37)9-1)35-19-24-40(25-20-35)53(42-28-29-47-45-13-4-3-11-43(45)44-12-5-6-14-46(44)49(47)33-42)41-26-21-36(22-27-41)39-23-30-52-50(32-39)48-15-7-8-16-51(48)54-52/h1-33H. The summed E-state index contributed by atoms with van der Waals surface area (Å²) >= 11 is 0. The van der Waals surface area contributed by atoms with Gasteiger partial charge in [-0.05, 0) is 126 Å². The molecule has 1 aromatic heterocycles. The quantitative estimate of drug-likeness (QED) is 0.168. The van der Waals surface area contributed by atoms with Crippen LogP contribution in [0.3, 0.4) is 0 Å². The second-order valence-electron chi connectivity index (χ2n) is 14.1. The normalized spacial score (nSPS) is 11.7. The Hall–Kier alpha value is -7.16. The van der Waals surface area contributed by atoms with E-state index in [1.165, 1.54) is 54.2 Å². The van der Waals surface area contributed by atoms with Crippen molar-refractivity contribution in [3.63, 3.8) is 0 Å². The molecular formula is C52H33NO. The lowest BCUT2D eigenvalue weighted by Gasteiger charge is -2.27. The fourth-order valence-corrected chi connectivity index (χ4v) is 8.36. The third kappa shape index (κ3) is 4.96. The molecule has 252 valence electrons. The molecule has 0 aliphatic carbocycles. The van der Waals surface area contributed by atoms with Crippen molar-refractivity contribution in [2.24, 2.45) is 0 Å². The minimum absolute atomic E-state index is 0.909. The minimum Gasteiger partial charge on any atom is -0.456 e. The van der Waals surface area contributed by atoms with Gasteiger partial charge in [0, 0.05) is 27.8 Å².